The number of amides is 1. The Morgan fingerprint density at radius 2 is 2.04 bits per heavy atom. The second-order valence-electron chi connectivity index (χ2n) is 6.71. The largest absolute Gasteiger partial charge is 0.481 e. The first-order valence-corrected chi connectivity index (χ1v) is 8.85. The molecule has 2 unspecified atom stereocenters. The topological polar surface area (TPSA) is 66.8 Å². The molecule has 1 saturated heterocycles. The van der Waals surface area contributed by atoms with Gasteiger partial charge < -0.3 is 14.7 Å². The zero-order chi connectivity index (χ0) is 16.9. The van der Waals surface area contributed by atoms with Crippen LogP contribution in [0.25, 0.3) is 0 Å². The summed E-state index contributed by atoms with van der Waals surface area (Å²) in [4.78, 5) is 25.8. The van der Waals surface area contributed by atoms with Crippen LogP contribution in [0.4, 0.5) is 0 Å². The monoisotopic (exact) mass is 331 g/mol. The molecule has 0 radical (unpaired) electrons. The van der Waals surface area contributed by atoms with Crippen LogP contribution in [0.5, 0.6) is 0 Å². The third kappa shape index (κ3) is 3.96. The molecule has 5 heteroatoms. The van der Waals surface area contributed by atoms with Crippen molar-refractivity contribution in [3.05, 3.63) is 35.4 Å². The lowest BCUT2D eigenvalue weighted by atomic mass is 9.82. The number of rotatable bonds is 6. The van der Waals surface area contributed by atoms with E-state index in [1.54, 1.807) is 4.90 Å². The highest BCUT2D eigenvalue weighted by Crippen LogP contribution is 2.33. The van der Waals surface area contributed by atoms with Crippen molar-refractivity contribution < 1.29 is 19.4 Å². The Kier molecular flexibility index (Phi) is 5.51. The molecule has 0 bridgehead atoms. The lowest BCUT2D eigenvalue weighted by Gasteiger charge is -2.32. The summed E-state index contributed by atoms with van der Waals surface area (Å²) in [5, 5.41) is 9.00. The van der Waals surface area contributed by atoms with E-state index in [0.29, 0.717) is 6.54 Å². The second kappa shape index (κ2) is 7.79. The van der Waals surface area contributed by atoms with Gasteiger partial charge in [0.2, 0.25) is 5.91 Å². The lowest BCUT2D eigenvalue weighted by Crippen LogP contribution is -2.42. The highest BCUT2D eigenvalue weighted by Gasteiger charge is 2.31. The van der Waals surface area contributed by atoms with E-state index in [9.17, 15) is 9.59 Å². The van der Waals surface area contributed by atoms with Crippen LogP contribution in [0.3, 0.4) is 0 Å². The fourth-order valence-corrected chi connectivity index (χ4v) is 3.79. The molecule has 130 valence electrons. The molecule has 2 atom stereocenters. The summed E-state index contributed by atoms with van der Waals surface area (Å²) in [6.45, 7) is 1.50. The predicted octanol–water partition coefficient (Wildman–Crippen LogP) is 2.59. The number of benzene rings is 1. The van der Waals surface area contributed by atoms with Crippen molar-refractivity contribution in [2.75, 3.05) is 19.7 Å². The number of aryl methyl sites for hydroxylation is 1. The van der Waals surface area contributed by atoms with Gasteiger partial charge in [0.1, 0.15) is 0 Å². The molecule has 0 saturated carbocycles. The fourth-order valence-electron chi connectivity index (χ4n) is 3.79. The Balaban J connectivity index is 1.75. The van der Waals surface area contributed by atoms with Gasteiger partial charge >= 0.3 is 5.97 Å². The standard InChI is InChI=1S/C19H25NO4/c21-18(22)10-11-20(13-15-7-4-12-24-15)19(23)17-9-3-6-14-5-1-2-8-16(14)17/h1-2,5,8,15,17H,3-4,6-7,9-13H2,(H,21,22). The molecule has 1 N–H and O–H groups in total. The number of carboxylic acid groups (broad SMARTS) is 1. The van der Waals surface area contributed by atoms with Gasteiger partial charge in [-0.25, -0.2) is 0 Å². The third-order valence-electron chi connectivity index (χ3n) is 5.02. The lowest BCUT2D eigenvalue weighted by molar-refractivity contribution is -0.139. The first-order valence-electron chi connectivity index (χ1n) is 8.85. The van der Waals surface area contributed by atoms with E-state index < -0.39 is 5.97 Å². The number of carbonyl (C=O) groups is 2. The minimum atomic E-state index is -0.871. The summed E-state index contributed by atoms with van der Waals surface area (Å²) in [7, 11) is 0. The van der Waals surface area contributed by atoms with E-state index in [0.717, 1.165) is 44.3 Å². The summed E-state index contributed by atoms with van der Waals surface area (Å²) in [6, 6.07) is 8.13. The summed E-state index contributed by atoms with van der Waals surface area (Å²) in [5.41, 5.74) is 2.36. The molecule has 5 nitrogen and oxygen atoms in total. The summed E-state index contributed by atoms with van der Waals surface area (Å²) in [5.74, 6) is -0.965. The quantitative estimate of drug-likeness (QED) is 0.870. The Hall–Kier alpha value is -1.88. The number of aliphatic carboxylic acids is 1. The van der Waals surface area contributed by atoms with E-state index in [1.807, 2.05) is 18.2 Å². The molecule has 1 aliphatic heterocycles. The molecule has 1 aliphatic carbocycles. The van der Waals surface area contributed by atoms with Crippen molar-refractivity contribution in [2.45, 2.75) is 50.5 Å². The van der Waals surface area contributed by atoms with E-state index in [4.69, 9.17) is 9.84 Å². The fraction of sp³-hybridized carbons (Fsp3) is 0.579. The van der Waals surface area contributed by atoms with E-state index in [-0.39, 0.29) is 30.9 Å². The highest BCUT2D eigenvalue weighted by atomic mass is 16.5. The van der Waals surface area contributed by atoms with Crippen LogP contribution in [-0.4, -0.2) is 47.7 Å². The van der Waals surface area contributed by atoms with Gasteiger partial charge in [-0.2, -0.15) is 0 Å². The average Bonchev–Trinajstić information content (AvgIpc) is 3.10. The second-order valence-corrected chi connectivity index (χ2v) is 6.71. The SMILES string of the molecule is O=C(O)CCN(CC1CCCO1)C(=O)C1CCCc2ccccc21. The van der Waals surface area contributed by atoms with Crippen LogP contribution < -0.4 is 0 Å². The van der Waals surface area contributed by atoms with Crippen LogP contribution in [-0.2, 0) is 20.7 Å². The van der Waals surface area contributed by atoms with E-state index >= 15 is 0 Å². The highest BCUT2D eigenvalue weighted by molar-refractivity contribution is 5.85. The first-order chi connectivity index (χ1) is 11.6. The van der Waals surface area contributed by atoms with E-state index in [2.05, 4.69) is 6.07 Å². The molecule has 0 spiro atoms. The maximum Gasteiger partial charge on any atom is 0.305 e. The van der Waals surface area contributed by atoms with E-state index in [1.165, 1.54) is 5.56 Å². The summed E-state index contributed by atoms with van der Waals surface area (Å²) in [6.07, 6.45) is 4.83. The number of fused-ring (bicyclic) bond motifs is 1. The number of carboxylic acids is 1. The van der Waals surface area contributed by atoms with Gasteiger partial charge in [0, 0.05) is 19.7 Å². The number of hydrogen-bond acceptors (Lipinski definition) is 3. The minimum Gasteiger partial charge on any atom is -0.481 e. The van der Waals surface area contributed by atoms with Crippen LogP contribution >= 0.6 is 0 Å². The third-order valence-corrected chi connectivity index (χ3v) is 5.02. The van der Waals surface area contributed by atoms with Gasteiger partial charge in [0.25, 0.3) is 0 Å². The van der Waals surface area contributed by atoms with Crippen LogP contribution in [0.2, 0.25) is 0 Å². The van der Waals surface area contributed by atoms with Gasteiger partial charge in [-0.15, -0.1) is 0 Å². The van der Waals surface area contributed by atoms with Crippen molar-refractivity contribution >= 4 is 11.9 Å². The van der Waals surface area contributed by atoms with Gasteiger partial charge in [-0.3, -0.25) is 9.59 Å². The molecule has 0 aromatic heterocycles. The molecular formula is C19H25NO4. The van der Waals surface area contributed by atoms with Gasteiger partial charge in [0.05, 0.1) is 18.4 Å². The van der Waals surface area contributed by atoms with Gasteiger partial charge in [-0.1, -0.05) is 24.3 Å². The van der Waals surface area contributed by atoms with Crippen LogP contribution in [0.15, 0.2) is 24.3 Å². The maximum absolute atomic E-state index is 13.1. The molecule has 24 heavy (non-hydrogen) atoms. The van der Waals surface area contributed by atoms with Crippen LogP contribution in [0, 0.1) is 0 Å². The summed E-state index contributed by atoms with van der Waals surface area (Å²) < 4.78 is 5.66. The zero-order valence-corrected chi connectivity index (χ0v) is 13.9. The number of hydrogen-bond donors (Lipinski definition) is 1. The Labute approximate surface area is 142 Å². The molecule has 1 heterocycles. The first kappa shape index (κ1) is 17.0. The molecule has 1 aromatic carbocycles. The number of carbonyl (C=O) groups excluding carboxylic acids is 1. The molecule has 1 amide bonds. The van der Waals surface area contributed by atoms with Crippen molar-refractivity contribution in [3.63, 3.8) is 0 Å². The molecular weight excluding hydrogens is 306 g/mol. The molecule has 3 rings (SSSR count). The molecule has 1 fully saturated rings. The molecule has 2 aliphatic rings. The smallest absolute Gasteiger partial charge is 0.305 e. The van der Waals surface area contributed by atoms with Crippen LogP contribution in [0.1, 0.15) is 49.1 Å². The van der Waals surface area contributed by atoms with Crippen molar-refractivity contribution in [1.29, 1.82) is 0 Å². The van der Waals surface area contributed by atoms with Crippen molar-refractivity contribution in [3.8, 4) is 0 Å². The number of ether oxygens (including phenoxy) is 1. The predicted molar refractivity (Wildman–Crippen MR) is 89.9 cm³/mol. The number of nitrogens with zero attached hydrogens (tertiary/aromatic N) is 1. The zero-order valence-electron chi connectivity index (χ0n) is 13.9. The molecule has 1 aromatic rings. The summed E-state index contributed by atoms with van der Waals surface area (Å²) >= 11 is 0. The average molecular weight is 331 g/mol. The van der Waals surface area contributed by atoms with Crippen molar-refractivity contribution in [1.82, 2.24) is 4.90 Å². The minimum absolute atomic E-state index is 0.0210. The Morgan fingerprint density at radius 3 is 2.79 bits per heavy atom. The Bertz CT molecular complexity index is 595. The normalized spacial score (nSPS) is 22.8. The van der Waals surface area contributed by atoms with Gasteiger partial charge in [-0.05, 0) is 43.2 Å². The van der Waals surface area contributed by atoms with Crippen molar-refractivity contribution in [2.24, 2.45) is 0 Å². The van der Waals surface area contributed by atoms with Gasteiger partial charge in [0.15, 0.2) is 0 Å². The Morgan fingerprint density at radius 1 is 1.21 bits per heavy atom. The maximum atomic E-state index is 13.1.